The Balaban J connectivity index is 2.38. The summed E-state index contributed by atoms with van der Waals surface area (Å²) in [6.45, 7) is -0.0795. The fourth-order valence-corrected chi connectivity index (χ4v) is 1.66. The van der Waals surface area contributed by atoms with Crippen molar-refractivity contribution in [3.63, 3.8) is 0 Å². The average Bonchev–Trinajstić information content (AvgIpc) is 2.45. The van der Waals surface area contributed by atoms with E-state index >= 15 is 0 Å². The van der Waals surface area contributed by atoms with Crippen LogP contribution in [0.4, 0.5) is 0 Å². The first kappa shape index (κ1) is 15.1. The molecule has 0 aliphatic carbocycles. The van der Waals surface area contributed by atoms with Gasteiger partial charge in [0.05, 0.1) is 18.1 Å². The summed E-state index contributed by atoms with van der Waals surface area (Å²) < 4.78 is 4.85. The summed E-state index contributed by atoms with van der Waals surface area (Å²) in [6, 6.07) is 8.84. The van der Waals surface area contributed by atoms with Crippen LogP contribution in [0.1, 0.15) is 16.8 Å². The lowest BCUT2D eigenvalue weighted by atomic mass is 10.2. The minimum atomic E-state index is -0.539. The molecule has 0 saturated heterocycles. The minimum absolute atomic E-state index is 0.232. The molecule has 1 amide bonds. The second kappa shape index (κ2) is 8.16. The summed E-state index contributed by atoms with van der Waals surface area (Å²) >= 11 is 1.58. The second-order valence-electron chi connectivity index (χ2n) is 3.56. The standard InChI is InChI=1S/C13H14N2O3S/c1-19-11-5-3-10(4-6-11)13(17)18-9-12(16)15-8-2-7-14/h3-6H,2,8-9H2,1H3,(H,15,16). The van der Waals surface area contributed by atoms with Crippen molar-refractivity contribution in [3.05, 3.63) is 29.8 Å². The van der Waals surface area contributed by atoms with Crippen molar-refractivity contribution >= 4 is 23.6 Å². The predicted octanol–water partition coefficient (Wildman–Crippen LogP) is 1.60. The van der Waals surface area contributed by atoms with Gasteiger partial charge in [-0.2, -0.15) is 5.26 Å². The molecule has 6 heteroatoms. The third-order valence-electron chi connectivity index (χ3n) is 2.22. The maximum atomic E-state index is 11.6. The Morgan fingerprint density at radius 1 is 1.37 bits per heavy atom. The molecule has 0 spiro atoms. The fraction of sp³-hybridized carbons (Fsp3) is 0.308. The molecule has 0 aliphatic heterocycles. The maximum absolute atomic E-state index is 11.6. The number of hydrogen-bond acceptors (Lipinski definition) is 5. The number of carbonyl (C=O) groups excluding carboxylic acids is 2. The molecule has 0 heterocycles. The van der Waals surface area contributed by atoms with E-state index < -0.39 is 11.9 Å². The Morgan fingerprint density at radius 3 is 2.63 bits per heavy atom. The lowest BCUT2D eigenvalue weighted by Crippen LogP contribution is -2.29. The molecule has 0 aliphatic rings. The third kappa shape index (κ3) is 5.44. The first-order chi connectivity index (χ1) is 9.17. The number of benzene rings is 1. The van der Waals surface area contributed by atoms with E-state index in [1.54, 1.807) is 23.9 Å². The van der Waals surface area contributed by atoms with Gasteiger partial charge in [-0.3, -0.25) is 4.79 Å². The summed E-state index contributed by atoms with van der Waals surface area (Å²) in [4.78, 5) is 23.9. The van der Waals surface area contributed by atoms with Crippen molar-refractivity contribution in [1.82, 2.24) is 5.32 Å². The molecule has 19 heavy (non-hydrogen) atoms. The summed E-state index contributed by atoms with van der Waals surface area (Å²) in [6.07, 6.45) is 2.18. The molecule has 1 rings (SSSR count). The van der Waals surface area contributed by atoms with Crippen LogP contribution in [0.25, 0.3) is 0 Å². The van der Waals surface area contributed by atoms with Gasteiger partial charge in [-0.15, -0.1) is 11.8 Å². The quantitative estimate of drug-likeness (QED) is 0.485. The number of amides is 1. The zero-order valence-corrected chi connectivity index (χ0v) is 11.3. The van der Waals surface area contributed by atoms with Crippen molar-refractivity contribution < 1.29 is 14.3 Å². The van der Waals surface area contributed by atoms with Gasteiger partial charge >= 0.3 is 5.97 Å². The van der Waals surface area contributed by atoms with E-state index in [0.29, 0.717) is 5.56 Å². The van der Waals surface area contributed by atoms with Crippen LogP contribution in [-0.4, -0.2) is 31.3 Å². The molecule has 0 fully saturated rings. The number of carbonyl (C=O) groups is 2. The lowest BCUT2D eigenvalue weighted by Gasteiger charge is -2.05. The first-order valence-electron chi connectivity index (χ1n) is 5.62. The van der Waals surface area contributed by atoms with Crippen LogP contribution in [0.5, 0.6) is 0 Å². The first-order valence-corrected chi connectivity index (χ1v) is 6.84. The van der Waals surface area contributed by atoms with Crippen LogP contribution in [0, 0.1) is 11.3 Å². The van der Waals surface area contributed by atoms with Gasteiger partial charge in [-0.1, -0.05) is 0 Å². The third-order valence-corrected chi connectivity index (χ3v) is 2.96. The van der Waals surface area contributed by atoms with Gasteiger partial charge in [0.15, 0.2) is 6.61 Å². The monoisotopic (exact) mass is 278 g/mol. The van der Waals surface area contributed by atoms with Gasteiger partial charge in [0.2, 0.25) is 0 Å². The molecular weight excluding hydrogens is 264 g/mol. The van der Waals surface area contributed by atoms with E-state index in [9.17, 15) is 9.59 Å². The number of nitrogens with one attached hydrogen (secondary N) is 1. The molecular formula is C13H14N2O3S. The van der Waals surface area contributed by atoms with Crippen molar-refractivity contribution in [1.29, 1.82) is 5.26 Å². The SMILES string of the molecule is CSc1ccc(C(=O)OCC(=O)NCCC#N)cc1. The molecule has 100 valence electrons. The highest BCUT2D eigenvalue weighted by molar-refractivity contribution is 7.98. The smallest absolute Gasteiger partial charge is 0.338 e. The predicted molar refractivity (Wildman–Crippen MR) is 71.7 cm³/mol. The van der Waals surface area contributed by atoms with Crippen LogP contribution >= 0.6 is 11.8 Å². The molecule has 1 aromatic carbocycles. The maximum Gasteiger partial charge on any atom is 0.338 e. The molecule has 0 aromatic heterocycles. The normalized spacial score (nSPS) is 9.47. The largest absolute Gasteiger partial charge is 0.452 e. The Hall–Kier alpha value is -2.00. The van der Waals surface area contributed by atoms with E-state index in [0.717, 1.165) is 4.90 Å². The highest BCUT2D eigenvalue weighted by Gasteiger charge is 2.09. The number of hydrogen-bond donors (Lipinski definition) is 1. The minimum Gasteiger partial charge on any atom is -0.452 e. The van der Waals surface area contributed by atoms with Crippen molar-refractivity contribution in [3.8, 4) is 6.07 Å². The average molecular weight is 278 g/mol. The van der Waals surface area contributed by atoms with Gasteiger partial charge in [-0.05, 0) is 30.5 Å². The Labute approximate surface area is 115 Å². The van der Waals surface area contributed by atoms with Gasteiger partial charge in [0.25, 0.3) is 5.91 Å². The Kier molecular flexibility index (Phi) is 6.47. The highest BCUT2D eigenvalue weighted by atomic mass is 32.2. The van der Waals surface area contributed by atoms with E-state index in [1.165, 1.54) is 0 Å². The molecule has 0 bridgehead atoms. The molecule has 1 aromatic rings. The van der Waals surface area contributed by atoms with Crippen LogP contribution in [0.2, 0.25) is 0 Å². The van der Waals surface area contributed by atoms with E-state index in [1.807, 2.05) is 24.5 Å². The molecule has 5 nitrogen and oxygen atoms in total. The number of esters is 1. The summed E-state index contributed by atoms with van der Waals surface area (Å²) in [7, 11) is 0. The number of ether oxygens (including phenoxy) is 1. The molecule has 0 unspecified atom stereocenters. The van der Waals surface area contributed by atoms with Gasteiger partial charge in [0, 0.05) is 11.4 Å². The number of thioether (sulfide) groups is 1. The molecule has 0 saturated carbocycles. The molecule has 0 atom stereocenters. The Morgan fingerprint density at radius 2 is 2.05 bits per heavy atom. The van der Waals surface area contributed by atoms with Gasteiger partial charge in [0.1, 0.15) is 0 Å². The van der Waals surface area contributed by atoms with E-state index in [4.69, 9.17) is 10.00 Å². The molecule has 1 N–H and O–H groups in total. The van der Waals surface area contributed by atoms with Crippen LogP contribution < -0.4 is 5.32 Å². The highest BCUT2D eigenvalue weighted by Crippen LogP contribution is 2.15. The Bertz CT molecular complexity index is 480. The number of nitriles is 1. The second-order valence-corrected chi connectivity index (χ2v) is 4.44. The zero-order chi connectivity index (χ0) is 14.1. The van der Waals surface area contributed by atoms with Gasteiger partial charge in [-0.25, -0.2) is 4.79 Å². The topological polar surface area (TPSA) is 79.2 Å². The van der Waals surface area contributed by atoms with Crippen LogP contribution in [0.3, 0.4) is 0 Å². The van der Waals surface area contributed by atoms with Crippen molar-refractivity contribution in [2.24, 2.45) is 0 Å². The summed E-state index contributed by atoms with van der Waals surface area (Å²) in [5.74, 6) is -0.951. The van der Waals surface area contributed by atoms with Crippen LogP contribution in [-0.2, 0) is 9.53 Å². The number of nitrogens with zero attached hydrogens (tertiary/aromatic N) is 1. The summed E-state index contributed by atoms with van der Waals surface area (Å²) in [5, 5.41) is 10.8. The number of rotatable bonds is 6. The zero-order valence-electron chi connectivity index (χ0n) is 10.5. The lowest BCUT2D eigenvalue weighted by molar-refractivity contribution is -0.124. The van der Waals surface area contributed by atoms with E-state index in [-0.39, 0.29) is 19.6 Å². The molecule has 0 radical (unpaired) electrons. The van der Waals surface area contributed by atoms with E-state index in [2.05, 4.69) is 5.32 Å². The fourth-order valence-electron chi connectivity index (χ4n) is 1.25. The van der Waals surface area contributed by atoms with Crippen molar-refractivity contribution in [2.45, 2.75) is 11.3 Å². The van der Waals surface area contributed by atoms with Crippen molar-refractivity contribution in [2.75, 3.05) is 19.4 Å². The summed E-state index contributed by atoms with van der Waals surface area (Å²) in [5.41, 5.74) is 0.405. The van der Waals surface area contributed by atoms with Gasteiger partial charge < -0.3 is 10.1 Å². The van der Waals surface area contributed by atoms with Crippen LogP contribution in [0.15, 0.2) is 29.2 Å².